The Balaban J connectivity index is 1.84. The maximum atomic E-state index is 11.8. The van der Waals surface area contributed by atoms with Gasteiger partial charge in [-0.2, -0.15) is 0 Å². The van der Waals surface area contributed by atoms with Crippen LogP contribution >= 0.6 is 23.2 Å². The van der Waals surface area contributed by atoms with E-state index in [9.17, 15) is 4.79 Å². The van der Waals surface area contributed by atoms with E-state index in [1.165, 1.54) is 0 Å². The van der Waals surface area contributed by atoms with Crippen molar-refractivity contribution < 1.29 is 9.53 Å². The van der Waals surface area contributed by atoms with Crippen molar-refractivity contribution in [3.05, 3.63) is 58.1 Å². The molecule has 0 atom stereocenters. The highest BCUT2D eigenvalue weighted by Crippen LogP contribution is 2.25. The number of rotatable bonds is 5. The van der Waals surface area contributed by atoms with Gasteiger partial charge in [-0.05, 0) is 42.8 Å². The molecule has 21 heavy (non-hydrogen) atoms. The van der Waals surface area contributed by atoms with Gasteiger partial charge in [0.25, 0.3) is 0 Å². The molecule has 0 radical (unpaired) electrons. The Morgan fingerprint density at radius 3 is 2.76 bits per heavy atom. The molecule has 2 aromatic rings. The molecule has 0 unspecified atom stereocenters. The fourth-order valence-corrected chi connectivity index (χ4v) is 2.11. The lowest BCUT2D eigenvalue weighted by Crippen LogP contribution is -2.15. The van der Waals surface area contributed by atoms with Gasteiger partial charge in [0.15, 0.2) is 0 Å². The number of nitrogens with one attached hydrogen (secondary N) is 1. The molecule has 3 nitrogen and oxygen atoms in total. The Bertz CT molecular complexity index is 644. The van der Waals surface area contributed by atoms with E-state index in [0.717, 1.165) is 11.3 Å². The van der Waals surface area contributed by atoms with Gasteiger partial charge < -0.3 is 10.1 Å². The van der Waals surface area contributed by atoms with E-state index in [1.807, 2.05) is 31.2 Å². The van der Waals surface area contributed by atoms with Crippen molar-refractivity contribution in [3.63, 3.8) is 0 Å². The minimum Gasteiger partial charge on any atom is -0.493 e. The molecule has 0 aromatic heterocycles. The van der Waals surface area contributed by atoms with Crippen LogP contribution in [0.1, 0.15) is 12.0 Å². The van der Waals surface area contributed by atoms with Crippen LogP contribution in [0.4, 0.5) is 5.69 Å². The van der Waals surface area contributed by atoms with Crippen LogP contribution in [0.3, 0.4) is 0 Å². The summed E-state index contributed by atoms with van der Waals surface area (Å²) in [4.78, 5) is 11.8. The number of benzene rings is 2. The molecule has 0 spiro atoms. The molecule has 0 saturated heterocycles. The normalized spacial score (nSPS) is 10.2. The molecule has 0 heterocycles. The molecule has 2 rings (SSSR count). The van der Waals surface area contributed by atoms with Crippen LogP contribution in [0.15, 0.2) is 42.5 Å². The molecule has 5 heteroatoms. The van der Waals surface area contributed by atoms with Crippen LogP contribution in [-0.2, 0) is 4.79 Å². The van der Waals surface area contributed by atoms with Gasteiger partial charge in [-0.1, -0.05) is 35.3 Å². The number of ether oxygens (including phenoxy) is 1. The van der Waals surface area contributed by atoms with Gasteiger partial charge in [-0.3, -0.25) is 4.79 Å². The zero-order valence-electron chi connectivity index (χ0n) is 11.5. The zero-order chi connectivity index (χ0) is 15.2. The summed E-state index contributed by atoms with van der Waals surface area (Å²) < 4.78 is 5.53. The van der Waals surface area contributed by atoms with E-state index in [4.69, 9.17) is 27.9 Å². The lowest BCUT2D eigenvalue weighted by Gasteiger charge is -2.09. The number of halogens is 2. The van der Waals surface area contributed by atoms with E-state index in [1.54, 1.807) is 18.2 Å². The summed E-state index contributed by atoms with van der Waals surface area (Å²) in [5, 5.41) is 3.68. The molecule has 0 aliphatic rings. The van der Waals surface area contributed by atoms with Crippen LogP contribution in [0.25, 0.3) is 0 Å². The Morgan fingerprint density at radius 1 is 1.19 bits per heavy atom. The summed E-state index contributed by atoms with van der Waals surface area (Å²) in [5.41, 5.74) is 1.62. The van der Waals surface area contributed by atoms with Crippen molar-refractivity contribution in [2.45, 2.75) is 13.3 Å². The highest BCUT2D eigenvalue weighted by Gasteiger charge is 2.07. The smallest absolute Gasteiger partial charge is 0.227 e. The second-order valence-corrected chi connectivity index (χ2v) is 5.43. The van der Waals surface area contributed by atoms with E-state index in [0.29, 0.717) is 22.3 Å². The van der Waals surface area contributed by atoms with E-state index in [-0.39, 0.29) is 12.3 Å². The summed E-state index contributed by atoms with van der Waals surface area (Å²) in [7, 11) is 0. The lowest BCUT2D eigenvalue weighted by molar-refractivity contribution is -0.116. The first-order valence-corrected chi connectivity index (χ1v) is 7.24. The summed E-state index contributed by atoms with van der Waals surface area (Å²) >= 11 is 11.8. The monoisotopic (exact) mass is 323 g/mol. The van der Waals surface area contributed by atoms with Crippen molar-refractivity contribution in [1.29, 1.82) is 0 Å². The third-order valence-corrected chi connectivity index (χ3v) is 3.35. The lowest BCUT2D eigenvalue weighted by atomic mass is 10.2. The van der Waals surface area contributed by atoms with Gasteiger partial charge in [-0.25, -0.2) is 0 Å². The number of carbonyl (C=O) groups is 1. The SMILES string of the molecule is Cc1cccc(OCCC(=O)Nc2cc(Cl)ccc2Cl)c1. The molecule has 1 N–H and O–H groups in total. The minimum atomic E-state index is -0.174. The maximum absolute atomic E-state index is 11.8. The molecule has 0 aliphatic carbocycles. The standard InChI is InChI=1S/C16H15Cl2NO2/c1-11-3-2-4-13(9-11)21-8-7-16(20)19-15-10-12(17)5-6-14(15)18/h2-6,9-10H,7-8H2,1H3,(H,19,20). The van der Waals surface area contributed by atoms with Gasteiger partial charge in [0.05, 0.1) is 23.7 Å². The van der Waals surface area contributed by atoms with Crippen molar-refractivity contribution in [2.75, 3.05) is 11.9 Å². The molecule has 0 fully saturated rings. The predicted molar refractivity (Wildman–Crippen MR) is 86.4 cm³/mol. The van der Waals surface area contributed by atoms with Crippen LogP contribution in [0, 0.1) is 6.92 Å². The average Bonchev–Trinajstić information content (AvgIpc) is 2.43. The number of amides is 1. The predicted octanol–water partition coefficient (Wildman–Crippen LogP) is 4.71. The van der Waals surface area contributed by atoms with Crippen molar-refractivity contribution in [1.82, 2.24) is 0 Å². The third kappa shape index (κ3) is 4.96. The van der Waals surface area contributed by atoms with Gasteiger partial charge in [0.2, 0.25) is 5.91 Å². The second-order valence-electron chi connectivity index (χ2n) is 4.59. The van der Waals surface area contributed by atoms with Crippen LogP contribution in [-0.4, -0.2) is 12.5 Å². The maximum Gasteiger partial charge on any atom is 0.227 e. The quantitative estimate of drug-likeness (QED) is 0.865. The number of hydrogen-bond donors (Lipinski definition) is 1. The topological polar surface area (TPSA) is 38.3 Å². The largest absolute Gasteiger partial charge is 0.493 e. The second kappa shape index (κ2) is 7.34. The molecule has 0 aliphatic heterocycles. The summed E-state index contributed by atoms with van der Waals surface area (Å²) in [6.07, 6.45) is 0.233. The van der Waals surface area contributed by atoms with Crippen molar-refractivity contribution in [3.8, 4) is 5.75 Å². The third-order valence-electron chi connectivity index (χ3n) is 2.79. The van der Waals surface area contributed by atoms with Crippen LogP contribution < -0.4 is 10.1 Å². The van der Waals surface area contributed by atoms with E-state index in [2.05, 4.69) is 5.32 Å². The molecule has 110 valence electrons. The Morgan fingerprint density at radius 2 is 2.00 bits per heavy atom. The average molecular weight is 324 g/mol. The van der Waals surface area contributed by atoms with Crippen LogP contribution in [0.2, 0.25) is 10.0 Å². The summed E-state index contributed by atoms with van der Waals surface area (Å²) in [6, 6.07) is 12.6. The first-order chi connectivity index (χ1) is 10.0. The number of aryl methyl sites for hydroxylation is 1. The Hall–Kier alpha value is -1.71. The fourth-order valence-electron chi connectivity index (χ4n) is 1.77. The van der Waals surface area contributed by atoms with Gasteiger partial charge in [0, 0.05) is 5.02 Å². The van der Waals surface area contributed by atoms with E-state index < -0.39 is 0 Å². The molecule has 0 bridgehead atoms. The van der Waals surface area contributed by atoms with Crippen LogP contribution in [0.5, 0.6) is 5.75 Å². The number of anilines is 1. The molecule has 1 amide bonds. The first kappa shape index (κ1) is 15.7. The molecular weight excluding hydrogens is 309 g/mol. The first-order valence-electron chi connectivity index (χ1n) is 6.49. The fraction of sp³-hybridized carbons (Fsp3) is 0.188. The molecular formula is C16H15Cl2NO2. The highest BCUT2D eigenvalue weighted by molar-refractivity contribution is 6.35. The Kier molecular flexibility index (Phi) is 5.48. The Labute approximate surface area is 133 Å². The highest BCUT2D eigenvalue weighted by atomic mass is 35.5. The summed E-state index contributed by atoms with van der Waals surface area (Å²) in [5.74, 6) is 0.579. The van der Waals surface area contributed by atoms with Crippen molar-refractivity contribution in [2.24, 2.45) is 0 Å². The van der Waals surface area contributed by atoms with Gasteiger partial charge >= 0.3 is 0 Å². The number of carbonyl (C=O) groups excluding carboxylic acids is 1. The zero-order valence-corrected chi connectivity index (χ0v) is 13.0. The summed E-state index contributed by atoms with van der Waals surface area (Å²) in [6.45, 7) is 2.29. The van der Waals surface area contributed by atoms with E-state index >= 15 is 0 Å². The van der Waals surface area contributed by atoms with Gasteiger partial charge in [0.1, 0.15) is 5.75 Å². The molecule has 2 aromatic carbocycles. The van der Waals surface area contributed by atoms with Gasteiger partial charge in [-0.15, -0.1) is 0 Å². The number of hydrogen-bond acceptors (Lipinski definition) is 2. The van der Waals surface area contributed by atoms with Crippen molar-refractivity contribution >= 4 is 34.8 Å². The minimum absolute atomic E-state index is 0.174. The molecule has 0 saturated carbocycles.